The molecule has 0 unspecified atom stereocenters. The molecular weight excluding hydrogens is 252 g/mol. The summed E-state index contributed by atoms with van der Waals surface area (Å²) in [5.41, 5.74) is 1.36. The van der Waals surface area contributed by atoms with Crippen LogP contribution in [-0.4, -0.2) is 37.7 Å². The van der Waals surface area contributed by atoms with E-state index in [9.17, 15) is 9.59 Å². The fourth-order valence-corrected chi connectivity index (χ4v) is 1.91. The molecule has 0 atom stereocenters. The van der Waals surface area contributed by atoms with Gasteiger partial charge in [0.2, 0.25) is 5.91 Å². The summed E-state index contributed by atoms with van der Waals surface area (Å²) in [4.78, 5) is 27.5. The first-order valence-electron chi connectivity index (χ1n) is 6.75. The maximum absolute atomic E-state index is 12.0. The van der Waals surface area contributed by atoms with Gasteiger partial charge in [0.15, 0.2) is 5.78 Å². The molecule has 0 aliphatic heterocycles. The van der Waals surface area contributed by atoms with Gasteiger partial charge in [-0.05, 0) is 25.0 Å². The summed E-state index contributed by atoms with van der Waals surface area (Å²) in [6.07, 6.45) is 5.20. The van der Waals surface area contributed by atoms with E-state index in [2.05, 4.69) is 0 Å². The molecule has 0 bridgehead atoms. The van der Waals surface area contributed by atoms with Crippen molar-refractivity contribution in [3.8, 4) is 0 Å². The van der Waals surface area contributed by atoms with Crippen LogP contribution in [-0.2, 0) is 4.79 Å². The van der Waals surface area contributed by atoms with E-state index in [1.165, 1.54) is 6.08 Å². The number of hydrogen-bond donors (Lipinski definition) is 0. The zero-order chi connectivity index (χ0) is 14.7. The number of benzene rings is 1. The highest BCUT2D eigenvalue weighted by Gasteiger charge is 2.32. The molecule has 1 aliphatic rings. The summed E-state index contributed by atoms with van der Waals surface area (Å²) < 4.78 is 0. The quantitative estimate of drug-likeness (QED) is 0.610. The highest BCUT2D eigenvalue weighted by molar-refractivity contribution is 6.05. The molecule has 1 aliphatic carbocycles. The predicted octanol–water partition coefficient (Wildman–Crippen LogP) is 2.32. The molecule has 1 amide bonds. The lowest BCUT2D eigenvalue weighted by Gasteiger charge is -2.17. The van der Waals surface area contributed by atoms with Crippen molar-refractivity contribution in [2.75, 3.05) is 26.0 Å². The number of hydrogen-bond acceptors (Lipinski definition) is 3. The largest absolute Gasteiger partial charge is 0.383 e. The van der Waals surface area contributed by atoms with Crippen LogP contribution in [0.1, 0.15) is 23.2 Å². The van der Waals surface area contributed by atoms with E-state index in [0.717, 1.165) is 18.5 Å². The number of rotatable bonds is 5. The van der Waals surface area contributed by atoms with Crippen LogP contribution in [0.5, 0.6) is 0 Å². The summed E-state index contributed by atoms with van der Waals surface area (Å²) in [5.74, 6) is 0.249. The van der Waals surface area contributed by atoms with Crippen molar-refractivity contribution in [3.05, 3.63) is 42.1 Å². The van der Waals surface area contributed by atoms with Crippen LogP contribution in [0.3, 0.4) is 0 Å². The maximum Gasteiger partial charge on any atom is 0.229 e. The average Bonchev–Trinajstić information content (AvgIpc) is 3.27. The number of carbonyl (C=O) groups excluding carboxylic acids is 2. The smallest absolute Gasteiger partial charge is 0.229 e. The lowest BCUT2D eigenvalue weighted by atomic mass is 10.1. The Morgan fingerprint density at radius 1 is 1.20 bits per heavy atom. The molecule has 0 aromatic heterocycles. The minimum Gasteiger partial charge on any atom is -0.383 e. The minimum atomic E-state index is -0.0622. The molecule has 0 saturated heterocycles. The van der Waals surface area contributed by atoms with Crippen LogP contribution in [0.15, 0.2) is 36.5 Å². The van der Waals surface area contributed by atoms with E-state index < -0.39 is 0 Å². The molecule has 0 N–H and O–H groups in total. The van der Waals surface area contributed by atoms with Crippen LogP contribution in [0.25, 0.3) is 0 Å². The lowest BCUT2D eigenvalue weighted by molar-refractivity contribution is -0.119. The molecule has 0 radical (unpaired) electrons. The van der Waals surface area contributed by atoms with E-state index >= 15 is 0 Å². The van der Waals surface area contributed by atoms with Crippen molar-refractivity contribution in [3.63, 3.8) is 0 Å². The third kappa shape index (κ3) is 3.47. The van der Waals surface area contributed by atoms with Crippen LogP contribution in [0.4, 0.5) is 5.69 Å². The van der Waals surface area contributed by atoms with Gasteiger partial charge in [-0.25, -0.2) is 0 Å². The van der Waals surface area contributed by atoms with Crippen molar-refractivity contribution in [2.45, 2.75) is 12.8 Å². The molecule has 0 heterocycles. The Labute approximate surface area is 119 Å². The monoisotopic (exact) mass is 272 g/mol. The zero-order valence-corrected chi connectivity index (χ0v) is 12.2. The van der Waals surface area contributed by atoms with E-state index in [1.54, 1.807) is 30.3 Å². The van der Waals surface area contributed by atoms with Crippen molar-refractivity contribution in [2.24, 2.45) is 5.92 Å². The van der Waals surface area contributed by atoms with E-state index in [0.29, 0.717) is 5.56 Å². The second kappa shape index (κ2) is 5.90. The van der Waals surface area contributed by atoms with Gasteiger partial charge in [-0.2, -0.15) is 0 Å². The van der Waals surface area contributed by atoms with E-state index in [-0.39, 0.29) is 17.6 Å². The number of amides is 1. The number of allylic oxidation sites excluding steroid dienone is 1. The molecule has 4 heteroatoms. The number of nitrogens with zero attached hydrogens (tertiary/aromatic N) is 2. The Kier molecular flexibility index (Phi) is 4.23. The topological polar surface area (TPSA) is 40.6 Å². The molecule has 106 valence electrons. The minimum absolute atomic E-state index is 0.0622. The van der Waals surface area contributed by atoms with Crippen LogP contribution >= 0.6 is 0 Å². The molecule has 20 heavy (non-hydrogen) atoms. The summed E-state index contributed by atoms with van der Waals surface area (Å²) in [6.45, 7) is 0. The van der Waals surface area contributed by atoms with E-state index in [1.807, 2.05) is 31.1 Å². The number of carbonyl (C=O) groups is 2. The molecule has 1 saturated carbocycles. The van der Waals surface area contributed by atoms with E-state index in [4.69, 9.17) is 0 Å². The predicted molar refractivity (Wildman–Crippen MR) is 79.7 cm³/mol. The molecular formula is C16H20N2O2. The highest BCUT2D eigenvalue weighted by Crippen LogP contribution is 2.32. The molecule has 4 nitrogen and oxygen atoms in total. The van der Waals surface area contributed by atoms with Crippen molar-refractivity contribution >= 4 is 17.4 Å². The fourth-order valence-electron chi connectivity index (χ4n) is 1.91. The van der Waals surface area contributed by atoms with Gasteiger partial charge < -0.3 is 9.80 Å². The van der Waals surface area contributed by atoms with Gasteiger partial charge in [-0.15, -0.1) is 0 Å². The molecule has 1 fully saturated rings. The first-order valence-corrected chi connectivity index (χ1v) is 6.75. The summed E-state index contributed by atoms with van der Waals surface area (Å²) >= 11 is 0. The van der Waals surface area contributed by atoms with Crippen molar-refractivity contribution in [1.82, 2.24) is 4.90 Å². The van der Waals surface area contributed by atoms with Gasteiger partial charge in [0.05, 0.1) is 0 Å². The Hall–Kier alpha value is -2.10. The van der Waals surface area contributed by atoms with Crippen molar-refractivity contribution < 1.29 is 9.59 Å². The first-order chi connectivity index (χ1) is 9.49. The number of anilines is 1. The fraction of sp³-hybridized carbons (Fsp3) is 0.375. The summed E-state index contributed by atoms with van der Waals surface area (Å²) in [7, 11) is 5.49. The molecule has 1 aromatic rings. The Morgan fingerprint density at radius 2 is 1.90 bits per heavy atom. The molecule has 2 rings (SSSR count). The van der Waals surface area contributed by atoms with Gasteiger partial charge in [0, 0.05) is 50.6 Å². The Morgan fingerprint density at radius 3 is 2.50 bits per heavy atom. The molecule has 1 aromatic carbocycles. The normalized spacial score (nSPS) is 14.3. The second-order valence-corrected chi connectivity index (χ2v) is 5.37. The highest BCUT2D eigenvalue weighted by atomic mass is 16.2. The average molecular weight is 272 g/mol. The Balaban J connectivity index is 2.14. The SMILES string of the molecule is CN(C)C=CC(=O)c1cccc(N(C)C(=O)C2CC2)c1. The Bertz CT molecular complexity index is 545. The third-order valence-corrected chi connectivity index (χ3v) is 3.30. The van der Waals surface area contributed by atoms with Gasteiger partial charge in [0.25, 0.3) is 0 Å². The van der Waals surface area contributed by atoms with Crippen LogP contribution in [0, 0.1) is 5.92 Å². The third-order valence-electron chi connectivity index (χ3n) is 3.30. The van der Waals surface area contributed by atoms with Gasteiger partial charge >= 0.3 is 0 Å². The number of ketones is 1. The zero-order valence-electron chi connectivity index (χ0n) is 12.2. The van der Waals surface area contributed by atoms with Gasteiger partial charge in [-0.1, -0.05) is 12.1 Å². The van der Waals surface area contributed by atoms with Gasteiger partial charge in [-0.3, -0.25) is 9.59 Å². The van der Waals surface area contributed by atoms with Crippen LogP contribution < -0.4 is 4.90 Å². The molecule has 0 spiro atoms. The van der Waals surface area contributed by atoms with Crippen molar-refractivity contribution in [1.29, 1.82) is 0 Å². The first kappa shape index (κ1) is 14.3. The second-order valence-electron chi connectivity index (χ2n) is 5.37. The van der Waals surface area contributed by atoms with Crippen LogP contribution in [0.2, 0.25) is 0 Å². The summed E-state index contributed by atoms with van der Waals surface area (Å²) in [5, 5.41) is 0. The standard InChI is InChI=1S/C16H20N2O2/c1-17(2)10-9-15(19)13-5-4-6-14(11-13)18(3)16(20)12-7-8-12/h4-6,9-12H,7-8H2,1-3H3. The lowest BCUT2D eigenvalue weighted by Crippen LogP contribution is -2.27. The summed E-state index contributed by atoms with van der Waals surface area (Å²) in [6, 6.07) is 7.19. The maximum atomic E-state index is 12.0. The van der Waals surface area contributed by atoms with Gasteiger partial charge in [0.1, 0.15) is 0 Å².